The lowest BCUT2D eigenvalue weighted by molar-refractivity contribution is -0.384. The molecule has 1 aliphatic rings. The summed E-state index contributed by atoms with van der Waals surface area (Å²) in [4.78, 5) is 35.8. The number of nitrogens with zero attached hydrogens (tertiary/aromatic N) is 2. The number of amides is 2. The van der Waals surface area contributed by atoms with E-state index in [1.54, 1.807) is 13.0 Å². The van der Waals surface area contributed by atoms with Crippen LogP contribution in [-0.2, 0) is 6.42 Å². The number of nitro benzene ring substituents is 1. The smallest absolute Gasteiger partial charge is 0.291 e. The van der Waals surface area contributed by atoms with E-state index in [1.807, 2.05) is 18.2 Å². The molecule has 0 saturated carbocycles. The van der Waals surface area contributed by atoms with Crippen molar-refractivity contribution in [2.24, 2.45) is 5.10 Å². The third-order valence-corrected chi connectivity index (χ3v) is 6.36. The Morgan fingerprint density at radius 3 is 2.68 bits per heavy atom. The highest BCUT2D eigenvalue weighted by Gasteiger charge is 2.28. The van der Waals surface area contributed by atoms with Gasteiger partial charge in [0.15, 0.2) is 5.76 Å². The van der Waals surface area contributed by atoms with Crippen LogP contribution in [0.25, 0.3) is 0 Å². The summed E-state index contributed by atoms with van der Waals surface area (Å²) in [6, 6.07) is 11.0. The SMILES string of the molecule is Cc1c(C(=O)Nc2ccccc2Br)oc2c1/C(=N/NC(=O)c1ccc(Cl)c([N+](=O)[O-])c1)CCC2. The van der Waals surface area contributed by atoms with Gasteiger partial charge in [0.1, 0.15) is 10.8 Å². The van der Waals surface area contributed by atoms with E-state index < -0.39 is 16.7 Å². The van der Waals surface area contributed by atoms with Crippen LogP contribution in [0.5, 0.6) is 0 Å². The van der Waals surface area contributed by atoms with Crippen LogP contribution in [0.15, 0.2) is 56.5 Å². The van der Waals surface area contributed by atoms with Gasteiger partial charge < -0.3 is 9.73 Å². The Balaban J connectivity index is 1.57. The molecule has 0 bridgehead atoms. The molecular formula is C23H18BrClN4O5. The summed E-state index contributed by atoms with van der Waals surface area (Å²) < 4.78 is 6.62. The standard InChI is InChI=1S/C23H18BrClN4O5/c1-12-20-17(27-28-22(30)13-9-10-15(25)18(11-13)29(32)33)7-4-8-19(20)34-21(12)23(31)26-16-6-3-2-5-14(16)24/h2-3,5-6,9-11H,4,7-8H2,1H3,(H,26,31)(H,28,30)/b27-17+. The summed E-state index contributed by atoms with van der Waals surface area (Å²) in [6.45, 7) is 1.77. The maximum absolute atomic E-state index is 12.9. The van der Waals surface area contributed by atoms with Crippen LogP contribution in [0.1, 0.15) is 50.6 Å². The fraction of sp³-hybridized carbons (Fsp3) is 0.174. The molecule has 1 aliphatic carbocycles. The topological polar surface area (TPSA) is 127 Å². The molecule has 1 aromatic heterocycles. The normalized spacial score (nSPS) is 13.9. The van der Waals surface area contributed by atoms with E-state index in [4.69, 9.17) is 16.0 Å². The summed E-state index contributed by atoms with van der Waals surface area (Å²) in [5.74, 6) is -0.214. The number of para-hydroxylation sites is 1. The van der Waals surface area contributed by atoms with Crippen LogP contribution >= 0.6 is 27.5 Å². The molecule has 174 valence electrons. The molecule has 3 aromatic rings. The van der Waals surface area contributed by atoms with Gasteiger partial charge in [-0.1, -0.05) is 23.7 Å². The first-order chi connectivity index (χ1) is 16.3. The van der Waals surface area contributed by atoms with Crippen LogP contribution in [0, 0.1) is 17.0 Å². The first kappa shape index (κ1) is 23.7. The van der Waals surface area contributed by atoms with E-state index >= 15 is 0 Å². The van der Waals surface area contributed by atoms with E-state index in [9.17, 15) is 19.7 Å². The first-order valence-electron chi connectivity index (χ1n) is 10.3. The van der Waals surface area contributed by atoms with Crippen molar-refractivity contribution in [3.63, 3.8) is 0 Å². The summed E-state index contributed by atoms with van der Waals surface area (Å²) in [5, 5.41) is 18.1. The molecule has 34 heavy (non-hydrogen) atoms. The number of nitrogens with one attached hydrogen (secondary N) is 2. The van der Waals surface area contributed by atoms with E-state index in [0.29, 0.717) is 41.1 Å². The van der Waals surface area contributed by atoms with Crippen molar-refractivity contribution in [3.05, 3.63) is 90.3 Å². The van der Waals surface area contributed by atoms with Gasteiger partial charge in [-0.05, 0) is 60.0 Å². The second-order valence-corrected chi connectivity index (χ2v) is 8.83. The number of carbonyl (C=O) groups excluding carboxylic acids is 2. The molecule has 0 radical (unpaired) electrons. The Kier molecular flexibility index (Phi) is 6.80. The number of aryl methyl sites for hydroxylation is 1. The minimum absolute atomic E-state index is 0.0499. The highest BCUT2D eigenvalue weighted by Crippen LogP contribution is 2.31. The number of hydrazone groups is 1. The molecule has 2 aromatic carbocycles. The molecule has 2 N–H and O–H groups in total. The monoisotopic (exact) mass is 544 g/mol. The van der Waals surface area contributed by atoms with E-state index in [0.717, 1.165) is 17.0 Å². The fourth-order valence-corrected chi connectivity index (χ4v) is 4.29. The number of rotatable bonds is 5. The average Bonchev–Trinajstić information content (AvgIpc) is 3.16. The molecule has 4 rings (SSSR count). The van der Waals surface area contributed by atoms with E-state index in [2.05, 4.69) is 31.8 Å². The second-order valence-electron chi connectivity index (χ2n) is 7.56. The number of hydrogen-bond acceptors (Lipinski definition) is 6. The summed E-state index contributed by atoms with van der Waals surface area (Å²) in [7, 11) is 0. The second kappa shape index (κ2) is 9.78. The van der Waals surface area contributed by atoms with Gasteiger partial charge in [0.25, 0.3) is 17.5 Å². The van der Waals surface area contributed by atoms with Crippen LogP contribution in [0.4, 0.5) is 11.4 Å². The lowest BCUT2D eigenvalue weighted by Gasteiger charge is -2.13. The zero-order valence-electron chi connectivity index (χ0n) is 17.9. The van der Waals surface area contributed by atoms with Crippen molar-refractivity contribution >= 4 is 56.4 Å². The Bertz CT molecular complexity index is 1350. The lowest BCUT2D eigenvalue weighted by atomic mass is 9.93. The van der Waals surface area contributed by atoms with E-state index in [1.165, 1.54) is 12.1 Å². The summed E-state index contributed by atoms with van der Waals surface area (Å²) in [6.07, 6.45) is 1.93. The van der Waals surface area contributed by atoms with Gasteiger partial charge in [0, 0.05) is 33.7 Å². The van der Waals surface area contributed by atoms with Crippen molar-refractivity contribution in [1.82, 2.24) is 5.43 Å². The zero-order chi connectivity index (χ0) is 24.4. The molecule has 0 unspecified atom stereocenters. The number of hydrogen-bond donors (Lipinski definition) is 2. The van der Waals surface area contributed by atoms with Gasteiger partial charge in [-0.15, -0.1) is 0 Å². The predicted molar refractivity (Wildman–Crippen MR) is 131 cm³/mol. The maximum atomic E-state index is 12.9. The highest BCUT2D eigenvalue weighted by atomic mass is 79.9. The number of halogens is 2. The number of anilines is 1. The Labute approximate surface area is 207 Å². The Hall–Kier alpha value is -3.50. The summed E-state index contributed by atoms with van der Waals surface area (Å²) >= 11 is 9.21. The number of carbonyl (C=O) groups is 2. The molecular weight excluding hydrogens is 528 g/mol. The molecule has 2 amide bonds. The molecule has 0 aliphatic heterocycles. The largest absolute Gasteiger partial charge is 0.455 e. The number of furan rings is 1. The summed E-state index contributed by atoms with van der Waals surface area (Å²) in [5.41, 5.74) is 4.61. The van der Waals surface area contributed by atoms with Crippen molar-refractivity contribution in [3.8, 4) is 0 Å². The number of benzene rings is 2. The maximum Gasteiger partial charge on any atom is 0.291 e. The van der Waals surface area contributed by atoms with Gasteiger partial charge >= 0.3 is 0 Å². The molecule has 0 fully saturated rings. The van der Waals surface area contributed by atoms with Crippen LogP contribution in [0.2, 0.25) is 5.02 Å². The van der Waals surface area contributed by atoms with Gasteiger partial charge in [-0.2, -0.15) is 5.10 Å². The molecule has 0 atom stereocenters. The quantitative estimate of drug-likeness (QED) is 0.317. The van der Waals surface area contributed by atoms with Gasteiger partial charge in [0.05, 0.1) is 16.3 Å². The van der Waals surface area contributed by atoms with Gasteiger partial charge in [0.2, 0.25) is 0 Å². The average molecular weight is 546 g/mol. The van der Waals surface area contributed by atoms with Crippen molar-refractivity contribution in [2.75, 3.05) is 5.32 Å². The van der Waals surface area contributed by atoms with Crippen LogP contribution < -0.4 is 10.7 Å². The lowest BCUT2D eigenvalue weighted by Crippen LogP contribution is -2.22. The zero-order valence-corrected chi connectivity index (χ0v) is 20.2. The van der Waals surface area contributed by atoms with E-state index in [-0.39, 0.29) is 22.0 Å². The van der Waals surface area contributed by atoms with Gasteiger partial charge in [-0.3, -0.25) is 19.7 Å². The van der Waals surface area contributed by atoms with Gasteiger partial charge in [-0.25, -0.2) is 5.43 Å². The predicted octanol–water partition coefficient (Wildman–Crippen LogP) is 5.63. The Morgan fingerprint density at radius 1 is 1.18 bits per heavy atom. The molecule has 1 heterocycles. The highest BCUT2D eigenvalue weighted by molar-refractivity contribution is 9.10. The first-order valence-corrected chi connectivity index (χ1v) is 11.4. The fourth-order valence-electron chi connectivity index (χ4n) is 3.71. The number of nitro groups is 1. The van der Waals surface area contributed by atoms with Crippen molar-refractivity contribution in [2.45, 2.75) is 26.2 Å². The third kappa shape index (κ3) is 4.73. The van der Waals surface area contributed by atoms with Crippen molar-refractivity contribution < 1.29 is 18.9 Å². The third-order valence-electron chi connectivity index (χ3n) is 5.35. The molecule has 0 saturated heterocycles. The number of fused-ring (bicyclic) bond motifs is 1. The molecule has 11 heteroatoms. The molecule has 0 spiro atoms. The molecule has 9 nitrogen and oxygen atoms in total. The van der Waals surface area contributed by atoms with Crippen molar-refractivity contribution in [1.29, 1.82) is 0 Å². The minimum atomic E-state index is -0.659. The minimum Gasteiger partial charge on any atom is -0.455 e. The van der Waals surface area contributed by atoms with Crippen LogP contribution in [-0.4, -0.2) is 22.4 Å². The van der Waals surface area contributed by atoms with Crippen LogP contribution in [0.3, 0.4) is 0 Å². The Morgan fingerprint density at radius 2 is 1.94 bits per heavy atom.